The Bertz CT molecular complexity index is 179. The molecule has 0 bridgehead atoms. The Balaban J connectivity index is 2.59. The van der Waals surface area contributed by atoms with Crippen molar-refractivity contribution < 1.29 is 4.79 Å². The van der Waals surface area contributed by atoms with Gasteiger partial charge in [0.15, 0.2) is 0 Å². The smallest absolute Gasteiger partial charge is 0.319 e. The van der Waals surface area contributed by atoms with Crippen molar-refractivity contribution in [1.82, 2.24) is 9.80 Å². The molecule has 1 rings (SSSR count). The highest BCUT2D eigenvalue weighted by Gasteiger charge is 2.31. The van der Waals surface area contributed by atoms with Crippen LogP contribution in [-0.4, -0.2) is 42.5 Å². The Kier molecular flexibility index (Phi) is 2.60. The maximum atomic E-state index is 11.6. The molecule has 2 atom stereocenters. The summed E-state index contributed by atoms with van der Waals surface area (Å²) in [7, 11) is 3.61. The Morgan fingerprint density at radius 3 is 2.33 bits per heavy atom. The summed E-state index contributed by atoms with van der Waals surface area (Å²) in [5.41, 5.74) is 0. The zero-order chi connectivity index (χ0) is 9.30. The van der Waals surface area contributed by atoms with Crippen LogP contribution >= 0.6 is 0 Å². The zero-order valence-electron chi connectivity index (χ0n) is 8.37. The van der Waals surface area contributed by atoms with Crippen molar-refractivity contribution in [3.8, 4) is 0 Å². The average molecular weight is 170 g/mol. The van der Waals surface area contributed by atoms with Crippen LogP contribution in [0, 0.1) is 5.92 Å². The number of urea groups is 1. The number of hydrogen-bond acceptors (Lipinski definition) is 1. The van der Waals surface area contributed by atoms with Gasteiger partial charge in [0.05, 0.1) is 0 Å². The van der Waals surface area contributed by atoms with E-state index < -0.39 is 0 Å². The fourth-order valence-corrected chi connectivity index (χ4v) is 1.62. The van der Waals surface area contributed by atoms with Crippen molar-refractivity contribution in [2.45, 2.75) is 26.3 Å². The van der Waals surface area contributed by atoms with Gasteiger partial charge in [-0.15, -0.1) is 0 Å². The summed E-state index contributed by atoms with van der Waals surface area (Å²) >= 11 is 0. The first kappa shape index (κ1) is 9.36. The molecule has 0 aromatic rings. The monoisotopic (exact) mass is 170 g/mol. The van der Waals surface area contributed by atoms with Gasteiger partial charge < -0.3 is 9.80 Å². The normalized spacial score (nSPS) is 29.2. The topological polar surface area (TPSA) is 23.6 Å². The van der Waals surface area contributed by atoms with Gasteiger partial charge in [0.2, 0.25) is 0 Å². The molecular formula is C9H18N2O. The van der Waals surface area contributed by atoms with Crippen LogP contribution in [0.2, 0.25) is 0 Å². The lowest BCUT2D eigenvalue weighted by atomic mass is 10.1. The van der Waals surface area contributed by atoms with Gasteiger partial charge in [-0.2, -0.15) is 0 Å². The van der Waals surface area contributed by atoms with E-state index in [-0.39, 0.29) is 6.03 Å². The van der Waals surface area contributed by atoms with Crippen LogP contribution < -0.4 is 0 Å². The summed E-state index contributed by atoms with van der Waals surface area (Å²) in [6.45, 7) is 5.24. The van der Waals surface area contributed by atoms with Crippen LogP contribution in [0.15, 0.2) is 0 Å². The summed E-state index contributed by atoms with van der Waals surface area (Å²) in [6, 6.07) is 0.548. The van der Waals surface area contributed by atoms with E-state index in [4.69, 9.17) is 0 Å². The molecule has 0 N–H and O–H groups in total. The van der Waals surface area contributed by atoms with Crippen molar-refractivity contribution in [2.24, 2.45) is 5.92 Å². The van der Waals surface area contributed by atoms with Gasteiger partial charge in [0.25, 0.3) is 0 Å². The minimum absolute atomic E-state index is 0.145. The lowest BCUT2D eigenvalue weighted by molar-refractivity contribution is 0.165. The zero-order valence-corrected chi connectivity index (χ0v) is 8.37. The number of carbonyl (C=O) groups is 1. The van der Waals surface area contributed by atoms with E-state index >= 15 is 0 Å². The Hall–Kier alpha value is -0.730. The third-order valence-electron chi connectivity index (χ3n) is 2.77. The molecule has 1 aliphatic heterocycles. The van der Waals surface area contributed by atoms with E-state index in [0.29, 0.717) is 12.0 Å². The molecule has 0 aliphatic carbocycles. The van der Waals surface area contributed by atoms with Gasteiger partial charge in [0, 0.05) is 26.7 Å². The number of likely N-dealkylation sites (tertiary alicyclic amines) is 1. The maximum Gasteiger partial charge on any atom is 0.319 e. The molecule has 0 saturated carbocycles. The first-order valence-corrected chi connectivity index (χ1v) is 4.52. The first-order valence-electron chi connectivity index (χ1n) is 4.52. The second kappa shape index (κ2) is 3.33. The van der Waals surface area contributed by atoms with Crippen LogP contribution in [0.4, 0.5) is 4.79 Å². The summed E-state index contributed by atoms with van der Waals surface area (Å²) in [6.07, 6.45) is 1.14. The quantitative estimate of drug-likeness (QED) is 0.539. The molecule has 1 fully saturated rings. The Labute approximate surface area is 74.3 Å². The summed E-state index contributed by atoms with van der Waals surface area (Å²) in [4.78, 5) is 15.1. The van der Waals surface area contributed by atoms with Crippen LogP contribution in [0.25, 0.3) is 0 Å². The average Bonchev–Trinajstić information content (AvgIpc) is 2.32. The van der Waals surface area contributed by atoms with Gasteiger partial charge in [-0.25, -0.2) is 4.79 Å². The first-order chi connectivity index (χ1) is 5.54. The van der Waals surface area contributed by atoms with Crippen LogP contribution in [0.3, 0.4) is 0 Å². The van der Waals surface area contributed by atoms with Gasteiger partial charge in [-0.1, -0.05) is 6.92 Å². The van der Waals surface area contributed by atoms with Crippen LogP contribution in [0.5, 0.6) is 0 Å². The van der Waals surface area contributed by atoms with Crippen LogP contribution in [0.1, 0.15) is 20.3 Å². The minimum Gasteiger partial charge on any atom is -0.331 e. The number of rotatable bonds is 0. The molecular weight excluding hydrogens is 152 g/mol. The molecule has 2 unspecified atom stereocenters. The molecule has 12 heavy (non-hydrogen) atoms. The molecule has 0 aromatic heterocycles. The van der Waals surface area contributed by atoms with Crippen molar-refractivity contribution in [2.75, 3.05) is 20.6 Å². The van der Waals surface area contributed by atoms with E-state index in [0.717, 1.165) is 13.0 Å². The highest BCUT2D eigenvalue weighted by atomic mass is 16.2. The lowest BCUT2D eigenvalue weighted by Crippen LogP contribution is -2.41. The fourth-order valence-electron chi connectivity index (χ4n) is 1.62. The third kappa shape index (κ3) is 1.54. The predicted molar refractivity (Wildman–Crippen MR) is 49.0 cm³/mol. The Morgan fingerprint density at radius 2 is 2.00 bits per heavy atom. The second-order valence-corrected chi connectivity index (χ2v) is 3.88. The molecule has 70 valence electrons. The standard InChI is InChI=1S/C9H18N2O/c1-7-5-6-11(8(7)2)9(12)10(3)4/h7-8H,5-6H2,1-4H3. The number of hydrogen-bond donors (Lipinski definition) is 0. The highest BCUT2D eigenvalue weighted by Crippen LogP contribution is 2.23. The van der Waals surface area contributed by atoms with Gasteiger partial charge in [-0.05, 0) is 19.3 Å². The largest absolute Gasteiger partial charge is 0.331 e. The van der Waals surface area contributed by atoms with Crippen LogP contribution in [-0.2, 0) is 0 Å². The fraction of sp³-hybridized carbons (Fsp3) is 0.889. The number of nitrogens with zero attached hydrogens (tertiary/aromatic N) is 2. The van der Waals surface area contributed by atoms with Gasteiger partial charge in [0.1, 0.15) is 0 Å². The maximum absolute atomic E-state index is 11.6. The highest BCUT2D eigenvalue weighted by molar-refractivity contribution is 5.74. The van der Waals surface area contributed by atoms with E-state index in [9.17, 15) is 4.79 Å². The van der Waals surface area contributed by atoms with E-state index in [1.807, 2.05) is 4.90 Å². The van der Waals surface area contributed by atoms with E-state index in [2.05, 4.69) is 13.8 Å². The number of amides is 2. The molecule has 1 heterocycles. The lowest BCUT2D eigenvalue weighted by Gasteiger charge is -2.26. The summed E-state index contributed by atoms with van der Waals surface area (Å²) < 4.78 is 0. The summed E-state index contributed by atoms with van der Waals surface area (Å²) in [5, 5.41) is 0. The van der Waals surface area contributed by atoms with Gasteiger partial charge in [-0.3, -0.25) is 0 Å². The van der Waals surface area contributed by atoms with E-state index in [1.54, 1.807) is 19.0 Å². The molecule has 0 aromatic carbocycles. The minimum atomic E-state index is 0.145. The van der Waals surface area contributed by atoms with E-state index in [1.165, 1.54) is 0 Å². The Morgan fingerprint density at radius 1 is 1.42 bits per heavy atom. The van der Waals surface area contributed by atoms with Gasteiger partial charge >= 0.3 is 6.03 Å². The third-order valence-corrected chi connectivity index (χ3v) is 2.77. The van der Waals surface area contributed by atoms with Crippen molar-refractivity contribution >= 4 is 6.03 Å². The molecule has 1 saturated heterocycles. The molecule has 3 nitrogen and oxygen atoms in total. The summed E-state index contributed by atoms with van der Waals surface area (Å²) in [5.74, 6) is 0.647. The van der Waals surface area contributed by atoms with Crippen molar-refractivity contribution in [1.29, 1.82) is 0 Å². The van der Waals surface area contributed by atoms with Crippen molar-refractivity contribution in [3.63, 3.8) is 0 Å². The molecule has 0 spiro atoms. The number of carbonyl (C=O) groups excluding carboxylic acids is 1. The second-order valence-electron chi connectivity index (χ2n) is 3.88. The molecule has 3 heteroatoms. The predicted octanol–water partition coefficient (Wildman–Crippen LogP) is 1.40. The molecule has 2 amide bonds. The van der Waals surface area contributed by atoms with Crippen molar-refractivity contribution in [3.05, 3.63) is 0 Å². The molecule has 1 aliphatic rings. The molecule has 0 radical (unpaired) electrons. The SMILES string of the molecule is CC1CCN(C(=O)N(C)C)C1C.